The second-order valence-electron chi connectivity index (χ2n) is 2.84. The maximum absolute atomic E-state index is 10.6. The van der Waals surface area contributed by atoms with Gasteiger partial charge in [0.25, 0.3) is 0 Å². The van der Waals surface area contributed by atoms with Gasteiger partial charge in [-0.3, -0.25) is 4.79 Å². The van der Waals surface area contributed by atoms with Crippen molar-refractivity contribution in [3.8, 4) is 0 Å². The van der Waals surface area contributed by atoms with E-state index >= 15 is 0 Å². The zero-order valence-electron chi connectivity index (χ0n) is 6.64. The fourth-order valence-electron chi connectivity index (χ4n) is 0.713. The smallest absolute Gasteiger partial charge is 0.132 e. The fourth-order valence-corrected chi connectivity index (χ4v) is 0.713. The van der Waals surface area contributed by atoms with Crippen LogP contribution in [-0.2, 0) is 4.79 Å². The molecule has 1 unspecified atom stereocenters. The van der Waals surface area contributed by atoms with Crippen LogP contribution in [0.4, 0.5) is 0 Å². The summed E-state index contributed by atoms with van der Waals surface area (Å²) >= 11 is 0. The predicted octanol–water partition coefficient (Wildman–Crippen LogP) is 2.07. The van der Waals surface area contributed by atoms with Crippen LogP contribution >= 0.6 is 0 Å². The Labute approximate surface area is 57.5 Å². The summed E-state index contributed by atoms with van der Waals surface area (Å²) in [5.41, 5.74) is 0. The molecule has 0 aromatic heterocycles. The van der Waals surface area contributed by atoms with Gasteiger partial charge in [0.2, 0.25) is 0 Å². The summed E-state index contributed by atoms with van der Waals surface area (Å²) in [6.07, 6.45) is 2.06. The van der Waals surface area contributed by atoms with Crippen LogP contribution < -0.4 is 0 Å². The maximum atomic E-state index is 10.6. The first-order valence-corrected chi connectivity index (χ1v) is 3.39. The number of rotatable bonds is 3. The molecule has 0 saturated carbocycles. The number of hydrogen-bond acceptors (Lipinski definition) is 1. The third kappa shape index (κ3) is 4.19. The number of carbonyl (C=O) groups is 1. The Morgan fingerprint density at radius 1 is 1.33 bits per heavy atom. The molecule has 0 rings (SSSR count). The highest BCUT2D eigenvalue weighted by Crippen LogP contribution is 2.09. The molecule has 9 heavy (non-hydrogen) atoms. The van der Waals surface area contributed by atoms with E-state index in [0.29, 0.717) is 5.92 Å². The molecule has 1 atom stereocenters. The molecule has 0 saturated heterocycles. The molecule has 53 valence electrons. The lowest BCUT2D eigenvalue weighted by Crippen LogP contribution is -2.09. The number of ketones is 1. The molecular formula is C8H15O. The Hall–Kier alpha value is -0.330. The zero-order valence-corrected chi connectivity index (χ0v) is 6.64. The summed E-state index contributed by atoms with van der Waals surface area (Å²) in [4.78, 5) is 10.6. The molecule has 1 nitrogen and oxygen atoms in total. The van der Waals surface area contributed by atoms with Crippen molar-refractivity contribution in [1.29, 1.82) is 0 Å². The van der Waals surface area contributed by atoms with Crippen LogP contribution in [0.15, 0.2) is 0 Å². The summed E-state index contributed by atoms with van der Waals surface area (Å²) in [5, 5.41) is 0. The van der Waals surface area contributed by atoms with Crippen LogP contribution in [0, 0.1) is 18.3 Å². The number of carbonyl (C=O) groups excluding carboxylic acids is 1. The van der Waals surface area contributed by atoms with Gasteiger partial charge in [-0.2, -0.15) is 0 Å². The standard InChI is InChI=1S/C8H15O/c1-6(2)5-7(3)8(4)9/h5-7H,1-4H3. The average molecular weight is 127 g/mol. The molecule has 0 aliphatic rings. The summed E-state index contributed by atoms with van der Waals surface area (Å²) in [7, 11) is 0. The van der Waals surface area contributed by atoms with Gasteiger partial charge in [0.05, 0.1) is 0 Å². The van der Waals surface area contributed by atoms with E-state index in [2.05, 4.69) is 20.3 Å². The molecule has 0 aromatic carbocycles. The lowest BCUT2D eigenvalue weighted by Gasteiger charge is -2.08. The molecule has 1 radical (unpaired) electrons. The van der Waals surface area contributed by atoms with Gasteiger partial charge in [-0.05, 0) is 19.3 Å². The van der Waals surface area contributed by atoms with Crippen molar-refractivity contribution in [3.05, 3.63) is 6.42 Å². The third-order valence-electron chi connectivity index (χ3n) is 1.31. The second kappa shape index (κ2) is 3.65. The lowest BCUT2D eigenvalue weighted by atomic mass is 9.96. The van der Waals surface area contributed by atoms with Crippen LogP contribution in [0.3, 0.4) is 0 Å². The second-order valence-corrected chi connectivity index (χ2v) is 2.84. The first kappa shape index (κ1) is 8.67. The van der Waals surface area contributed by atoms with Crippen molar-refractivity contribution in [1.82, 2.24) is 0 Å². The van der Waals surface area contributed by atoms with Crippen molar-refractivity contribution < 1.29 is 4.79 Å². The Bertz CT molecular complexity index is 94.7. The van der Waals surface area contributed by atoms with E-state index in [0.717, 1.165) is 0 Å². The van der Waals surface area contributed by atoms with Gasteiger partial charge in [-0.1, -0.05) is 20.8 Å². The third-order valence-corrected chi connectivity index (χ3v) is 1.31. The zero-order chi connectivity index (χ0) is 7.44. The van der Waals surface area contributed by atoms with E-state index in [9.17, 15) is 4.79 Å². The van der Waals surface area contributed by atoms with Crippen molar-refractivity contribution >= 4 is 5.78 Å². The van der Waals surface area contributed by atoms with E-state index in [1.165, 1.54) is 0 Å². The fraction of sp³-hybridized carbons (Fsp3) is 0.750. The highest BCUT2D eigenvalue weighted by molar-refractivity contribution is 5.79. The molecule has 0 amide bonds. The van der Waals surface area contributed by atoms with Crippen LogP contribution in [0.25, 0.3) is 0 Å². The minimum atomic E-state index is 0.130. The Morgan fingerprint density at radius 3 is 1.89 bits per heavy atom. The van der Waals surface area contributed by atoms with Crippen LogP contribution in [0.5, 0.6) is 0 Å². The molecule has 0 aliphatic heterocycles. The monoisotopic (exact) mass is 127 g/mol. The highest BCUT2D eigenvalue weighted by Gasteiger charge is 2.08. The van der Waals surface area contributed by atoms with E-state index in [1.54, 1.807) is 6.92 Å². The Balaban J connectivity index is 3.50. The molecule has 0 fully saturated rings. The minimum absolute atomic E-state index is 0.130. The van der Waals surface area contributed by atoms with Crippen molar-refractivity contribution in [3.63, 3.8) is 0 Å². The molecular weight excluding hydrogens is 112 g/mol. The molecule has 0 heterocycles. The number of Topliss-reactive ketones (excluding diaryl/α,β-unsaturated/α-hetero) is 1. The van der Waals surface area contributed by atoms with Gasteiger partial charge < -0.3 is 0 Å². The SMILES string of the molecule is CC(=O)C(C)[CH]C(C)C. The van der Waals surface area contributed by atoms with Crippen molar-refractivity contribution in [2.75, 3.05) is 0 Å². The van der Waals surface area contributed by atoms with E-state index in [1.807, 2.05) is 6.92 Å². The lowest BCUT2D eigenvalue weighted by molar-refractivity contribution is -0.119. The summed E-state index contributed by atoms with van der Waals surface area (Å²) in [5.74, 6) is 0.901. The van der Waals surface area contributed by atoms with E-state index < -0.39 is 0 Å². The largest absolute Gasteiger partial charge is 0.300 e. The Kier molecular flexibility index (Phi) is 3.52. The summed E-state index contributed by atoms with van der Waals surface area (Å²) in [6, 6.07) is 0. The van der Waals surface area contributed by atoms with Crippen molar-refractivity contribution in [2.45, 2.75) is 27.7 Å². The molecule has 0 bridgehead atoms. The molecule has 0 aliphatic carbocycles. The van der Waals surface area contributed by atoms with E-state index in [4.69, 9.17) is 0 Å². The van der Waals surface area contributed by atoms with Gasteiger partial charge in [0, 0.05) is 5.92 Å². The van der Waals surface area contributed by atoms with Gasteiger partial charge >= 0.3 is 0 Å². The Morgan fingerprint density at radius 2 is 1.78 bits per heavy atom. The van der Waals surface area contributed by atoms with Crippen LogP contribution in [0.1, 0.15) is 27.7 Å². The molecule has 1 heteroatoms. The quantitative estimate of drug-likeness (QED) is 0.567. The summed E-state index contributed by atoms with van der Waals surface area (Å²) in [6.45, 7) is 7.73. The van der Waals surface area contributed by atoms with Crippen LogP contribution in [0.2, 0.25) is 0 Å². The van der Waals surface area contributed by atoms with Gasteiger partial charge in [0.15, 0.2) is 0 Å². The summed E-state index contributed by atoms with van der Waals surface area (Å²) < 4.78 is 0. The van der Waals surface area contributed by atoms with Gasteiger partial charge in [-0.25, -0.2) is 0 Å². The number of hydrogen-bond donors (Lipinski definition) is 0. The highest BCUT2D eigenvalue weighted by atomic mass is 16.1. The van der Waals surface area contributed by atoms with Gasteiger partial charge in [0.1, 0.15) is 5.78 Å². The molecule has 0 N–H and O–H groups in total. The van der Waals surface area contributed by atoms with Crippen molar-refractivity contribution in [2.24, 2.45) is 11.8 Å². The predicted molar refractivity (Wildman–Crippen MR) is 39.0 cm³/mol. The maximum Gasteiger partial charge on any atom is 0.132 e. The molecule has 0 spiro atoms. The minimum Gasteiger partial charge on any atom is -0.300 e. The molecule has 0 aromatic rings. The van der Waals surface area contributed by atoms with E-state index in [-0.39, 0.29) is 11.7 Å². The average Bonchev–Trinajstić information content (AvgIpc) is 1.63. The first-order chi connectivity index (χ1) is 4.04. The normalized spacial score (nSPS) is 13.9. The topological polar surface area (TPSA) is 17.1 Å². The van der Waals surface area contributed by atoms with Crippen LogP contribution in [-0.4, -0.2) is 5.78 Å². The van der Waals surface area contributed by atoms with Gasteiger partial charge in [-0.15, -0.1) is 0 Å². The first-order valence-electron chi connectivity index (χ1n) is 3.39.